The van der Waals surface area contributed by atoms with Gasteiger partial charge in [-0.25, -0.2) is 0 Å². The monoisotopic (exact) mass is 1590 g/mol. The molecule has 0 fully saturated rings. The molecule has 0 heterocycles. The van der Waals surface area contributed by atoms with Crippen molar-refractivity contribution < 1.29 is 224 Å². The van der Waals surface area contributed by atoms with Crippen molar-refractivity contribution in [3.8, 4) is 0 Å². The van der Waals surface area contributed by atoms with E-state index in [9.17, 15) is 120 Å². The molecule has 606 valence electrons. The van der Waals surface area contributed by atoms with Crippen LogP contribution in [0.15, 0.2) is 0 Å². The van der Waals surface area contributed by atoms with Crippen molar-refractivity contribution >= 4 is 94.6 Å². The van der Waals surface area contributed by atoms with Crippen molar-refractivity contribution in [3.05, 3.63) is 0 Å². The molecule has 45 nitrogen and oxygen atoms in total. The third-order valence-corrected chi connectivity index (χ3v) is 12.9. The highest BCUT2D eigenvalue weighted by molar-refractivity contribution is 7.10. The van der Waals surface area contributed by atoms with E-state index in [0.717, 1.165) is 13.8 Å². The van der Waals surface area contributed by atoms with Crippen LogP contribution in [0.1, 0.15) is 41.5 Å². The summed E-state index contributed by atoms with van der Waals surface area (Å²) < 4.78 is 21.7. The second kappa shape index (κ2) is 66.3. The molecule has 0 saturated carbocycles. The summed E-state index contributed by atoms with van der Waals surface area (Å²) in [5.74, 6) is -4.37. The molecule has 0 spiro atoms. The second-order valence-electron chi connectivity index (χ2n) is 20.8. The number of hydrogen-bond donors (Lipinski definition) is 32. The molecular weight excluding hydrogens is 1490 g/mol. The number of carbonyl (C=O) groups is 8. The fourth-order valence-corrected chi connectivity index (χ4v) is 6.53. The largest absolute Gasteiger partial charge is 0.391 e. The fraction of sp³-hybridized carbons (Fsp3) is 0.843. The first-order chi connectivity index (χ1) is 46.3. The maximum absolute atomic E-state index is 11.2. The van der Waals surface area contributed by atoms with Crippen LogP contribution in [0, 0.1) is 0 Å². The number of aldehydes is 2. The van der Waals surface area contributed by atoms with Gasteiger partial charge in [0, 0.05) is 47.3 Å². The molecule has 0 aromatic heterocycles. The predicted octanol–water partition coefficient (Wildman–Crippen LogP) is -18.7. The lowest BCUT2D eigenvalue weighted by Gasteiger charge is -2.29. The van der Waals surface area contributed by atoms with E-state index in [0.29, 0.717) is 0 Å². The van der Waals surface area contributed by atoms with Gasteiger partial charge in [0.1, 0.15) is 193 Å². The van der Waals surface area contributed by atoms with Gasteiger partial charge in [-0.2, -0.15) is 0 Å². The molecule has 0 aliphatic heterocycles. The predicted molar refractivity (Wildman–Crippen MR) is 350 cm³/mol. The number of Topliss-reactive ketones (excluding diaryl/α,β-unsaturated/α-hetero) is 6. The number of aliphatic hydroxyl groups is 32. The topological polar surface area (TPSA) is 830 Å². The molecular formula is C51H107O45P5. The average molecular weight is 1600 g/mol. The Labute approximate surface area is 588 Å². The molecule has 0 bridgehead atoms. The first-order valence-corrected chi connectivity index (χ1v) is 30.9. The minimum absolute atomic E-state index is 0.0266. The molecule has 0 aromatic carbocycles. The molecule has 34 unspecified atom stereocenters. The summed E-state index contributed by atoms with van der Waals surface area (Å²) in [7, 11) is 9.18. The van der Waals surface area contributed by atoms with E-state index in [1.807, 2.05) is 18.9 Å². The summed E-state index contributed by atoms with van der Waals surface area (Å²) in [6, 6.07) is 0. The van der Waals surface area contributed by atoms with Gasteiger partial charge < -0.3 is 196 Å². The Balaban J connectivity index is -0.000000167. The van der Waals surface area contributed by atoms with Crippen LogP contribution in [-0.4, -0.2) is 441 Å². The number of rotatable bonds is 42. The van der Waals surface area contributed by atoms with Crippen molar-refractivity contribution in [2.24, 2.45) is 0 Å². The van der Waals surface area contributed by atoms with Crippen molar-refractivity contribution in [2.45, 2.75) is 219 Å². The Morgan fingerprint density at radius 1 is 0.248 bits per heavy atom. The van der Waals surface area contributed by atoms with Crippen LogP contribution >= 0.6 is 47.3 Å². The van der Waals surface area contributed by atoms with Gasteiger partial charge in [0.2, 0.25) is 0 Å². The van der Waals surface area contributed by atoms with E-state index in [1.165, 1.54) is 27.7 Å². The first-order valence-electron chi connectivity index (χ1n) is 28.5. The SMILES string of the molecule is CC(O)C(O)C(O)C(O)C(O)C(=O)CO.CC(O)C(O)C(O)C(O)C(O)C(=O)COP.CC(O)C(O)C(O)C(O)C(O)C(O)C(=O)COP.CC(O)C(O)C(O)C(O)C(O)C(O)C(=O)COP.CC(O)C(O)C(O)C(O)C=O.CC(O)C(O)C(O)C=O.O=C(CO)COP.O=C(CO)COP. The summed E-state index contributed by atoms with van der Waals surface area (Å²) in [6.07, 6.45) is -49.0. The maximum atomic E-state index is 11.2. The minimum Gasteiger partial charge on any atom is -0.391 e. The molecule has 0 rings (SSSR count). The Hall–Kier alpha value is -1.97. The molecule has 0 radical (unpaired) electrons. The zero-order valence-corrected chi connectivity index (χ0v) is 60.8. The molecule has 0 aliphatic carbocycles. The van der Waals surface area contributed by atoms with Crippen LogP contribution in [-0.2, 0) is 61.0 Å². The van der Waals surface area contributed by atoms with E-state index in [1.54, 1.807) is 28.4 Å². The van der Waals surface area contributed by atoms with Crippen LogP contribution < -0.4 is 0 Å². The van der Waals surface area contributed by atoms with Crippen molar-refractivity contribution in [1.82, 2.24) is 0 Å². The summed E-state index contributed by atoms with van der Waals surface area (Å²) in [6.45, 7) is 3.83. The fourth-order valence-electron chi connectivity index (χ4n) is 5.67. The van der Waals surface area contributed by atoms with Crippen LogP contribution in [0.5, 0.6) is 0 Å². The molecule has 34 atom stereocenters. The second-order valence-corrected chi connectivity index (χ2v) is 22.5. The quantitative estimate of drug-likeness (QED) is 0.0199. The summed E-state index contributed by atoms with van der Waals surface area (Å²) in [5.41, 5.74) is 0. The molecule has 0 aliphatic rings. The van der Waals surface area contributed by atoms with Gasteiger partial charge in [0.15, 0.2) is 47.3 Å². The molecule has 0 aromatic rings. The van der Waals surface area contributed by atoms with E-state index >= 15 is 0 Å². The maximum Gasteiger partial charge on any atom is 0.189 e. The first kappa shape index (κ1) is 115. The third kappa shape index (κ3) is 52.7. The van der Waals surface area contributed by atoms with Crippen LogP contribution in [0.3, 0.4) is 0 Å². The molecule has 101 heavy (non-hydrogen) atoms. The van der Waals surface area contributed by atoms with Gasteiger partial charge in [-0.1, -0.05) is 0 Å². The minimum atomic E-state index is -2.01. The molecule has 50 heteroatoms. The van der Waals surface area contributed by atoms with Crippen molar-refractivity contribution in [3.63, 3.8) is 0 Å². The van der Waals surface area contributed by atoms with Gasteiger partial charge in [0.25, 0.3) is 0 Å². The van der Waals surface area contributed by atoms with Gasteiger partial charge in [-0.05, 0) is 41.5 Å². The van der Waals surface area contributed by atoms with Crippen LogP contribution in [0.25, 0.3) is 0 Å². The van der Waals surface area contributed by atoms with Crippen molar-refractivity contribution in [1.29, 1.82) is 0 Å². The van der Waals surface area contributed by atoms with Gasteiger partial charge in [0.05, 0.1) is 36.6 Å². The highest BCUT2D eigenvalue weighted by Crippen LogP contribution is 2.15. The Morgan fingerprint density at radius 3 is 0.564 bits per heavy atom. The smallest absolute Gasteiger partial charge is 0.189 e. The number of carbonyl (C=O) groups excluding carboxylic acids is 8. The zero-order valence-electron chi connectivity index (χ0n) is 55.1. The lowest BCUT2D eigenvalue weighted by atomic mass is 9.95. The zero-order chi connectivity index (χ0) is 81.8. The lowest BCUT2D eigenvalue weighted by molar-refractivity contribution is -0.161. The Kier molecular flexibility index (Phi) is 75.3. The van der Waals surface area contributed by atoms with Gasteiger partial charge in [-0.15, -0.1) is 0 Å². The van der Waals surface area contributed by atoms with E-state index in [-0.39, 0.29) is 37.4 Å². The number of aliphatic hydroxyl groups excluding tert-OH is 32. The van der Waals surface area contributed by atoms with Crippen LogP contribution in [0.2, 0.25) is 0 Å². The summed E-state index contributed by atoms with van der Waals surface area (Å²) >= 11 is 0. The third-order valence-electron chi connectivity index (χ3n) is 12.1. The lowest BCUT2D eigenvalue weighted by Crippen LogP contribution is -2.53. The van der Waals surface area contributed by atoms with Gasteiger partial charge >= 0.3 is 0 Å². The normalized spacial score (nSPS) is 19.7. The van der Waals surface area contributed by atoms with Crippen LogP contribution in [0.4, 0.5) is 0 Å². The van der Waals surface area contributed by atoms with E-state index in [2.05, 4.69) is 22.6 Å². The Bertz CT molecular complexity index is 2040. The average Bonchev–Trinajstić information content (AvgIpc) is 0.884. The highest BCUT2D eigenvalue weighted by atomic mass is 31.0. The molecule has 0 saturated heterocycles. The van der Waals surface area contributed by atoms with Crippen molar-refractivity contribution in [2.75, 3.05) is 52.9 Å². The Morgan fingerprint density at radius 2 is 0.416 bits per heavy atom. The standard InChI is InChI=1S/2C9H19O8P.C8H17O7P.C8H16O7.C6H12O5.C5H10O4.2C3H7O3P/c2*1-3(10)5(12)7(14)9(16)8(15)6(13)4(11)2-17-18;1-3(9)5(11)7(13)8(14)6(12)4(10)2-15-16;1-3(10)5(12)7(14)8(15)6(13)4(11)2-9;1-3(8)5(10)6(11)4(9)2-7;1-3(7)5(9)4(8)2-6;2*4-1-3(5)2-6-7/h2*3,5-10,12-16H,2,18H2,1H3;3,5-9,11-14H,2,16H2,1H3;3,5-10,12-15H,2H2,1H3;2-6,8-11H,1H3;2-5,7-9H,1H3;2*4H,1-2,7H2. The summed E-state index contributed by atoms with van der Waals surface area (Å²) in [4.78, 5) is 83.8. The number of hydrogen-bond acceptors (Lipinski definition) is 45. The highest BCUT2D eigenvalue weighted by Gasteiger charge is 2.41. The number of ketones is 6. The molecule has 32 N–H and O–H groups in total. The van der Waals surface area contributed by atoms with E-state index in [4.69, 9.17) is 81.7 Å². The molecule has 0 amide bonds. The van der Waals surface area contributed by atoms with E-state index < -0.39 is 240 Å². The van der Waals surface area contributed by atoms with Gasteiger partial charge in [-0.3, -0.25) is 28.8 Å². The summed E-state index contributed by atoms with van der Waals surface area (Å²) in [5, 5.41) is 289.